The van der Waals surface area contributed by atoms with Gasteiger partial charge >= 0.3 is 27.6 Å². The summed E-state index contributed by atoms with van der Waals surface area (Å²) in [5.41, 5.74) is 0. The molecule has 1 rings (SSSR count). The van der Waals surface area contributed by atoms with Gasteiger partial charge in [0, 0.05) is 25.2 Å². The maximum absolute atomic E-state index is 12.8. The van der Waals surface area contributed by atoms with Gasteiger partial charge in [-0.05, 0) is 43.9 Å². The lowest BCUT2D eigenvalue weighted by atomic mass is 9.89. The van der Waals surface area contributed by atoms with Crippen molar-refractivity contribution in [1.29, 1.82) is 0 Å². The van der Waals surface area contributed by atoms with E-state index in [-0.39, 0.29) is 31.1 Å². The first-order chi connectivity index (χ1) is 30.9. The van der Waals surface area contributed by atoms with Gasteiger partial charge < -0.3 is 44.6 Å². The third kappa shape index (κ3) is 35.3. The van der Waals surface area contributed by atoms with E-state index >= 15 is 0 Å². The van der Waals surface area contributed by atoms with E-state index in [4.69, 9.17) is 28.3 Å². The predicted molar refractivity (Wildman–Crippen MR) is 250 cm³/mol. The largest absolute Gasteiger partial charge is 0.472 e. The Labute approximate surface area is 390 Å². The van der Waals surface area contributed by atoms with Gasteiger partial charge in [-0.2, -0.15) is 0 Å². The van der Waals surface area contributed by atoms with Crippen molar-refractivity contribution < 1.29 is 76.9 Å². The van der Waals surface area contributed by atoms with Crippen LogP contribution in [0, 0.1) is 17.8 Å². The fourth-order valence-corrected chi connectivity index (χ4v) is 8.92. The van der Waals surface area contributed by atoms with Crippen molar-refractivity contribution in [3.8, 4) is 0 Å². The molecular formula is C47H88O16P2. The van der Waals surface area contributed by atoms with E-state index < -0.39 is 84.5 Å². The predicted octanol–water partition coefficient (Wildman–Crippen LogP) is 9.30. The quantitative estimate of drug-likeness (QED) is 0.0130. The third-order valence-corrected chi connectivity index (χ3v) is 13.0. The second-order valence-electron chi connectivity index (χ2n) is 18.2. The lowest BCUT2D eigenvalue weighted by Crippen LogP contribution is -2.30. The highest BCUT2D eigenvalue weighted by atomic mass is 31.2. The topological polar surface area (TPSA) is 256 Å². The summed E-state index contributed by atoms with van der Waals surface area (Å²) in [6, 6.07) is 0. The van der Waals surface area contributed by atoms with Gasteiger partial charge in [0.05, 0.1) is 38.1 Å². The van der Waals surface area contributed by atoms with Gasteiger partial charge in [0.2, 0.25) is 0 Å². The Bertz CT molecular complexity index is 1370. The average molecular weight is 971 g/mol. The van der Waals surface area contributed by atoms with Crippen LogP contribution in [0.1, 0.15) is 188 Å². The molecule has 0 radical (unpaired) electrons. The zero-order chi connectivity index (χ0) is 48.4. The minimum absolute atomic E-state index is 0.0207. The molecule has 8 atom stereocenters. The van der Waals surface area contributed by atoms with Crippen molar-refractivity contribution in [2.75, 3.05) is 26.4 Å². The monoisotopic (exact) mass is 971 g/mol. The number of hydrogen-bond donors (Lipinski definition) is 7. The number of unbranched alkanes of at least 4 members (excludes halogenated alkanes) is 17. The van der Waals surface area contributed by atoms with Crippen LogP contribution in [-0.2, 0) is 41.8 Å². The van der Waals surface area contributed by atoms with Crippen LogP contribution in [0.2, 0.25) is 0 Å². The Kier molecular flexibility index (Phi) is 35.4. The van der Waals surface area contributed by atoms with Crippen LogP contribution >= 0.6 is 15.6 Å². The number of carbonyl (C=O) groups excluding carboxylic acids is 2. The van der Waals surface area contributed by atoms with Gasteiger partial charge in [0.25, 0.3) is 0 Å². The summed E-state index contributed by atoms with van der Waals surface area (Å²) in [6.07, 6.45) is 26.9. The molecule has 7 N–H and O–H groups in total. The summed E-state index contributed by atoms with van der Waals surface area (Å²) in [7, 11) is -9.76. The molecule has 382 valence electrons. The fraction of sp³-hybridized carbons (Fsp3) is 0.872. The number of hydrogen-bond acceptors (Lipinski definition) is 13. The molecule has 0 spiro atoms. The summed E-state index contributed by atoms with van der Waals surface area (Å²) in [5, 5.41) is 41.1. The molecule has 0 saturated heterocycles. The molecule has 1 aliphatic rings. The molecule has 0 heterocycles. The minimum Gasteiger partial charge on any atom is -0.462 e. The van der Waals surface area contributed by atoms with Crippen LogP contribution in [0.4, 0.5) is 0 Å². The van der Waals surface area contributed by atoms with Crippen LogP contribution in [0.5, 0.6) is 0 Å². The number of allylic oxidation sites excluding steroid dienone is 2. The van der Waals surface area contributed by atoms with Gasteiger partial charge in [0.1, 0.15) is 12.7 Å². The molecule has 0 amide bonds. The van der Waals surface area contributed by atoms with Crippen LogP contribution in [-0.4, -0.2) is 104 Å². The Morgan fingerprint density at radius 3 is 1.77 bits per heavy atom. The van der Waals surface area contributed by atoms with Gasteiger partial charge in [0.15, 0.2) is 6.10 Å². The van der Waals surface area contributed by atoms with E-state index in [1.807, 2.05) is 18.2 Å². The first kappa shape index (κ1) is 61.5. The number of esters is 2. The smallest absolute Gasteiger partial charge is 0.462 e. The minimum atomic E-state index is -4.89. The Morgan fingerprint density at radius 2 is 1.18 bits per heavy atom. The Morgan fingerprint density at radius 1 is 0.646 bits per heavy atom. The summed E-state index contributed by atoms with van der Waals surface area (Å²) >= 11 is 0. The zero-order valence-electron chi connectivity index (χ0n) is 39.8. The molecule has 0 aromatic rings. The number of phosphoric acid groups is 2. The van der Waals surface area contributed by atoms with Crippen molar-refractivity contribution in [3.05, 3.63) is 24.3 Å². The van der Waals surface area contributed by atoms with E-state index in [0.717, 1.165) is 50.9 Å². The van der Waals surface area contributed by atoms with Crippen LogP contribution in [0.3, 0.4) is 0 Å². The number of rotatable bonds is 42. The molecule has 0 bridgehead atoms. The SMILES string of the molecule is CCCCC[C@H](O)/C=C/[C@@H]1[C@@H](C/C=C/CCCC(=O)OC[C@H](COP(=O)(O)OC[C@@H](O)COP(=O)(O)O)OC(=O)CCCCCCCCCCCCCCCCCC(C)C)[C@@H](O)C[C@H]1O. The molecule has 65 heavy (non-hydrogen) atoms. The molecule has 0 aliphatic heterocycles. The van der Waals surface area contributed by atoms with E-state index in [1.165, 1.54) is 70.6 Å². The summed E-state index contributed by atoms with van der Waals surface area (Å²) in [5.74, 6) is -0.896. The lowest BCUT2D eigenvalue weighted by molar-refractivity contribution is -0.161. The van der Waals surface area contributed by atoms with E-state index in [2.05, 4.69) is 25.3 Å². The standard InChI is InChI=1S/C47H88O16P2/c1-4-5-21-27-39(48)31-32-43-42(44(50)33-45(43)51)28-23-19-20-24-29-46(52)59-36-41(37-62-65(57,58)61-35-40(49)34-60-64(54,55)56)63-47(53)30-25-18-16-14-12-10-8-6-7-9-11-13-15-17-22-26-38(2)3/h19,23,31-32,38-45,48-51H,4-18,20-22,24-30,33-37H2,1-3H3,(H,57,58)(H2,54,55,56)/b23-19+,32-31+/t39-,40-,41+,42+,43+,44-,45+/m0/s1. The number of aliphatic hydroxyl groups is 4. The van der Waals surface area contributed by atoms with Crippen LogP contribution < -0.4 is 0 Å². The molecule has 1 saturated carbocycles. The highest BCUT2D eigenvalue weighted by molar-refractivity contribution is 7.47. The number of carbonyl (C=O) groups is 2. The maximum Gasteiger partial charge on any atom is 0.472 e. The van der Waals surface area contributed by atoms with Crippen LogP contribution in [0.15, 0.2) is 24.3 Å². The number of aliphatic hydroxyl groups excluding tert-OH is 4. The molecule has 1 aliphatic carbocycles. The first-order valence-corrected chi connectivity index (χ1v) is 27.7. The normalized spacial score (nSPS) is 20.4. The van der Waals surface area contributed by atoms with Crippen molar-refractivity contribution in [1.82, 2.24) is 0 Å². The molecule has 0 aromatic carbocycles. The molecule has 1 unspecified atom stereocenters. The highest BCUT2D eigenvalue weighted by Crippen LogP contribution is 2.44. The van der Waals surface area contributed by atoms with Crippen molar-refractivity contribution in [2.24, 2.45) is 17.8 Å². The zero-order valence-corrected chi connectivity index (χ0v) is 41.6. The van der Waals surface area contributed by atoms with E-state index in [0.29, 0.717) is 32.1 Å². The van der Waals surface area contributed by atoms with Gasteiger partial charge in [-0.15, -0.1) is 0 Å². The average Bonchev–Trinajstić information content (AvgIpc) is 3.51. The maximum atomic E-state index is 12.8. The lowest BCUT2D eigenvalue weighted by Gasteiger charge is -2.20. The molecule has 18 heteroatoms. The van der Waals surface area contributed by atoms with E-state index in [1.54, 1.807) is 6.08 Å². The summed E-state index contributed by atoms with van der Waals surface area (Å²) < 4.78 is 47.9. The third-order valence-electron chi connectivity index (χ3n) is 11.6. The highest BCUT2D eigenvalue weighted by Gasteiger charge is 2.39. The van der Waals surface area contributed by atoms with E-state index in [9.17, 15) is 44.0 Å². The van der Waals surface area contributed by atoms with Crippen molar-refractivity contribution in [3.63, 3.8) is 0 Å². The fourth-order valence-electron chi connectivity index (χ4n) is 7.76. The second-order valence-corrected chi connectivity index (χ2v) is 20.9. The molecule has 1 fully saturated rings. The van der Waals surface area contributed by atoms with Crippen molar-refractivity contribution in [2.45, 2.75) is 218 Å². The summed E-state index contributed by atoms with van der Waals surface area (Å²) in [4.78, 5) is 53.1. The van der Waals surface area contributed by atoms with Crippen molar-refractivity contribution >= 4 is 27.6 Å². The van der Waals surface area contributed by atoms with Gasteiger partial charge in [-0.25, -0.2) is 9.13 Å². The first-order valence-electron chi connectivity index (χ1n) is 24.6. The molecule has 16 nitrogen and oxygen atoms in total. The molecule has 0 aromatic heterocycles. The summed E-state index contributed by atoms with van der Waals surface area (Å²) in [6.45, 7) is 3.74. The number of phosphoric ester groups is 2. The van der Waals surface area contributed by atoms with Gasteiger partial charge in [-0.1, -0.05) is 161 Å². The van der Waals surface area contributed by atoms with Crippen LogP contribution in [0.25, 0.3) is 0 Å². The Balaban J connectivity index is 2.50. The van der Waals surface area contributed by atoms with Gasteiger partial charge in [-0.3, -0.25) is 23.2 Å². The Hall–Kier alpha value is -1.52. The second kappa shape index (κ2) is 37.4. The number of ether oxygens (including phenoxy) is 2. The molecular weight excluding hydrogens is 882 g/mol.